The molecule has 0 spiro atoms. The molecule has 0 saturated heterocycles. The van der Waals surface area contributed by atoms with Crippen LogP contribution < -0.4 is 0 Å². The molecule has 0 aliphatic heterocycles. The van der Waals surface area contributed by atoms with Crippen LogP contribution in [0.5, 0.6) is 0 Å². The fourth-order valence-corrected chi connectivity index (χ4v) is 4.59. The van der Waals surface area contributed by atoms with E-state index in [1.54, 1.807) is 0 Å². The monoisotopic (exact) mass is 414 g/mol. The molecule has 0 amide bonds. The molecule has 0 aromatic carbocycles. The normalized spacial score (nSPS) is 23.5. The van der Waals surface area contributed by atoms with Crippen molar-refractivity contribution in [1.29, 1.82) is 0 Å². The molecule has 138 valence electrons. The van der Waals surface area contributed by atoms with Crippen molar-refractivity contribution in [3.63, 3.8) is 0 Å². The van der Waals surface area contributed by atoms with Gasteiger partial charge in [-0.2, -0.15) is 12.2 Å². The van der Waals surface area contributed by atoms with Crippen molar-refractivity contribution >= 4 is 0 Å². The van der Waals surface area contributed by atoms with Gasteiger partial charge in [-0.15, -0.1) is 12.8 Å². The summed E-state index contributed by atoms with van der Waals surface area (Å²) in [6.45, 7) is 0. The van der Waals surface area contributed by atoms with Crippen LogP contribution in [0.1, 0.15) is 92.7 Å². The molecule has 0 atom stereocenters. The minimum atomic E-state index is 0. The van der Waals surface area contributed by atoms with E-state index in [1.807, 2.05) is 0 Å². The fourth-order valence-electron chi connectivity index (χ4n) is 4.59. The molecule has 0 heterocycles. The summed E-state index contributed by atoms with van der Waals surface area (Å²) in [6.07, 6.45) is 35.1. The third-order valence-electron chi connectivity index (χ3n) is 6.00. The summed E-state index contributed by atoms with van der Waals surface area (Å²) in [6, 6.07) is 0. The first kappa shape index (κ1) is 21.1. The van der Waals surface area contributed by atoms with E-state index in [2.05, 4.69) is 36.5 Å². The summed E-state index contributed by atoms with van der Waals surface area (Å²) in [5.41, 5.74) is 2.95. The molecule has 0 radical (unpaired) electrons. The molecule has 0 nitrogen and oxygen atoms in total. The van der Waals surface area contributed by atoms with Gasteiger partial charge < -0.3 is 2.85 Å². The summed E-state index contributed by atoms with van der Waals surface area (Å²) in [4.78, 5) is 0. The van der Waals surface area contributed by atoms with Gasteiger partial charge in [-0.05, 0) is 11.8 Å². The molecular weight excluding hydrogens is 379 g/mol. The maximum atomic E-state index is 3.41. The van der Waals surface area contributed by atoms with Gasteiger partial charge in [0.25, 0.3) is 0 Å². The molecule has 25 heavy (non-hydrogen) atoms. The molecule has 0 bridgehead atoms. The third-order valence-corrected chi connectivity index (χ3v) is 6.00. The Morgan fingerprint density at radius 3 is 1.40 bits per heavy atom. The predicted molar refractivity (Wildman–Crippen MR) is 106 cm³/mol. The van der Waals surface area contributed by atoms with Gasteiger partial charge in [0.2, 0.25) is 0 Å². The molecule has 4 aliphatic rings. The Kier molecular flexibility index (Phi) is 10.4. The van der Waals surface area contributed by atoms with Crippen LogP contribution >= 0.6 is 0 Å². The molecule has 1 heteroatoms. The molecule has 4 aliphatic carbocycles. The van der Waals surface area contributed by atoms with Crippen molar-refractivity contribution in [3.8, 4) is 0 Å². The fraction of sp³-hybridized carbons (Fsp3) is 0.667. The molecular formula is C24H36Zr-2. The van der Waals surface area contributed by atoms with Gasteiger partial charge in [0.1, 0.15) is 0 Å². The van der Waals surface area contributed by atoms with Crippen molar-refractivity contribution in [2.24, 2.45) is 11.8 Å². The summed E-state index contributed by atoms with van der Waals surface area (Å²) < 4.78 is 0. The first-order valence-electron chi connectivity index (χ1n) is 10.4. The van der Waals surface area contributed by atoms with Crippen LogP contribution in [0, 0.1) is 24.0 Å². The van der Waals surface area contributed by atoms with Crippen LogP contribution in [0.3, 0.4) is 0 Å². The molecule has 0 aromatic rings. The first-order valence-corrected chi connectivity index (χ1v) is 10.4. The van der Waals surface area contributed by atoms with E-state index in [1.165, 1.54) is 88.2 Å². The van der Waals surface area contributed by atoms with Crippen molar-refractivity contribution in [3.05, 3.63) is 47.6 Å². The van der Waals surface area contributed by atoms with Gasteiger partial charge in [-0.1, -0.05) is 77.0 Å². The zero-order chi connectivity index (χ0) is 16.5. The first-order chi connectivity index (χ1) is 11.9. The Morgan fingerprint density at radius 2 is 1.08 bits per heavy atom. The number of hydrogen-bond acceptors (Lipinski definition) is 0. The second kappa shape index (κ2) is 12.3. The molecule has 0 N–H and O–H groups in total. The van der Waals surface area contributed by atoms with Crippen LogP contribution in [-0.2, 0) is 26.2 Å². The van der Waals surface area contributed by atoms with Gasteiger partial charge in [0, 0.05) is 0 Å². The Bertz CT molecular complexity index is 447. The van der Waals surface area contributed by atoms with Crippen LogP contribution in [0.2, 0.25) is 0 Å². The van der Waals surface area contributed by atoms with E-state index in [-0.39, 0.29) is 29.1 Å². The second-order valence-electron chi connectivity index (χ2n) is 8.03. The SMILES string of the molecule is [C-]1=C(CC2CCCCC2)C=CC1.[C-]1=C(CC2CCCCC2)C=CC1.[H-].[H-].[Zr+2]. The molecule has 2 saturated carbocycles. The van der Waals surface area contributed by atoms with Crippen molar-refractivity contribution in [2.45, 2.75) is 89.9 Å². The van der Waals surface area contributed by atoms with Crippen LogP contribution in [0.4, 0.5) is 0 Å². The van der Waals surface area contributed by atoms with E-state index >= 15 is 0 Å². The zero-order valence-electron chi connectivity index (χ0n) is 17.9. The van der Waals surface area contributed by atoms with Crippen LogP contribution in [0.15, 0.2) is 35.5 Å². The number of hydrogen-bond donors (Lipinski definition) is 0. The Balaban J connectivity index is 0.000000451. The smallest absolute Gasteiger partial charge is 1.00 e. The maximum Gasteiger partial charge on any atom is 2.00 e. The third kappa shape index (κ3) is 7.94. The molecule has 4 rings (SSSR count). The standard InChI is InChI=1S/2C12H17.Zr.2H/c2*1-2-6-11(7-3-1)10-12-8-4-5-9-12;;;/h2*4,8,11H,1-3,5-7,10H2;;;/q2*-1;+2;2*-1. The minimum Gasteiger partial charge on any atom is -1.00 e. The maximum absolute atomic E-state index is 3.41. The van der Waals surface area contributed by atoms with E-state index in [0.29, 0.717) is 0 Å². The summed E-state index contributed by atoms with van der Waals surface area (Å²) in [5, 5.41) is 0. The summed E-state index contributed by atoms with van der Waals surface area (Å²) >= 11 is 0. The quantitative estimate of drug-likeness (QED) is 0.417. The average molecular weight is 416 g/mol. The summed E-state index contributed by atoms with van der Waals surface area (Å²) in [7, 11) is 0. The largest absolute Gasteiger partial charge is 2.00 e. The van der Waals surface area contributed by atoms with Crippen molar-refractivity contribution in [2.75, 3.05) is 0 Å². The van der Waals surface area contributed by atoms with E-state index in [4.69, 9.17) is 0 Å². The Labute approximate surface area is 178 Å². The van der Waals surface area contributed by atoms with Gasteiger partial charge >= 0.3 is 26.2 Å². The zero-order valence-corrected chi connectivity index (χ0v) is 18.3. The predicted octanol–water partition coefficient (Wildman–Crippen LogP) is 7.52. The Hall–Kier alpha value is -0.157. The average Bonchev–Trinajstić information content (AvgIpc) is 3.32. The van der Waals surface area contributed by atoms with Gasteiger partial charge in [-0.25, -0.2) is 23.3 Å². The van der Waals surface area contributed by atoms with Crippen molar-refractivity contribution in [1.82, 2.24) is 0 Å². The van der Waals surface area contributed by atoms with Crippen LogP contribution in [-0.4, -0.2) is 0 Å². The number of rotatable bonds is 4. The minimum absolute atomic E-state index is 0. The van der Waals surface area contributed by atoms with E-state index < -0.39 is 0 Å². The van der Waals surface area contributed by atoms with Gasteiger partial charge in [0.15, 0.2) is 0 Å². The van der Waals surface area contributed by atoms with Gasteiger partial charge in [-0.3, -0.25) is 12.2 Å². The Morgan fingerprint density at radius 1 is 0.680 bits per heavy atom. The topological polar surface area (TPSA) is 0 Å². The second-order valence-corrected chi connectivity index (χ2v) is 8.03. The van der Waals surface area contributed by atoms with Crippen LogP contribution in [0.25, 0.3) is 0 Å². The molecule has 0 unspecified atom stereocenters. The van der Waals surface area contributed by atoms with E-state index in [9.17, 15) is 0 Å². The van der Waals surface area contributed by atoms with Crippen molar-refractivity contribution < 1.29 is 29.1 Å². The number of allylic oxidation sites excluding steroid dienone is 8. The molecule has 2 fully saturated rings. The van der Waals surface area contributed by atoms with Gasteiger partial charge in [0.05, 0.1) is 0 Å². The molecule has 0 aromatic heterocycles. The van der Waals surface area contributed by atoms with E-state index in [0.717, 1.165) is 24.7 Å². The summed E-state index contributed by atoms with van der Waals surface area (Å²) in [5.74, 6) is 1.95.